The van der Waals surface area contributed by atoms with Crippen LogP contribution in [0.4, 0.5) is 11.4 Å². The molecular weight excluding hydrogens is 270 g/mol. The van der Waals surface area contributed by atoms with E-state index in [4.69, 9.17) is 0 Å². The number of anilines is 1. The van der Waals surface area contributed by atoms with Crippen molar-refractivity contribution in [1.82, 2.24) is 4.90 Å². The topological polar surface area (TPSA) is 78.6 Å². The first-order valence-electron chi connectivity index (χ1n) is 7.44. The van der Waals surface area contributed by atoms with E-state index >= 15 is 0 Å². The van der Waals surface area contributed by atoms with Gasteiger partial charge in [-0.2, -0.15) is 0 Å². The van der Waals surface area contributed by atoms with Gasteiger partial charge in [0.2, 0.25) is 0 Å². The lowest BCUT2D eigenvalue weighted by atomic mass is 10.00. The van der Waals surface area contributed by atoms with Crippen LogP contribution in [0.3, 0.4) is 0 Å². The second kappa shape index (κ2) is 5.61. The van der Waals surface area contributed by atoms with Gasteiger partial charge >= 0.3 is 0 Å². The quantitative estimate of drug-likeness (QED) is 0.653. The molecule has 21 heavy (non-hydrogen) atoms. The van der Waals surface area contributed by atoms with Crippen molar-refractivity contribution in [1.29, 1.82) is 0 Å². The zero-order valence-corrected chi connectivity index (χ0v) is 12.2. The maximum absolute atomic E-state index is 10.9. The SMILES string of the molecule is CNc1cc(CN2CC3CCC(O)C3C2)ccc1[N+](=O)[O-]. The van der Waals surface area contributed by atoms with E-state index in [-0.39, 0.29) is 16.7 Å². The van der Waals surface area contributed by atoms with E-state index < -0.39 is 0 Å². The molecular formula is C15H21N3O3. The highest BCUT2D eigenvalue weighted by Crippen LogP contribution is 2.38. The normalized spacial score (nSPS) is 28.6. The third-order valence-electron chi connectivity index (χ3n) is 4.83. The molecule has 1 saturated heterocycles. The largest absolute Gasteiger partial charge is 0.393 e. The summed E-state index contributed by atoms with van der Waals surface area (Å²) in [5.41, 5.74) is 1.73. The molecule has 0 spiro atoms. The third-order valence-corrected chi connectivity index (χ3v) is 4.83. The Morgan fingerprint density at radius 1 is 1.43 bits per heavy atom. The number of nitro benzene ring substituents is 1. The summed E-state index contributed by atoms with van der Waals surface area (Å²) < 4.78 is 0. The van der Waals surface area contributed by atoms with Crippen LogP contribution < -0.4 is 5.32 Å². The molecule has 1 aromatic carbocycles. The van der Waals surface area contributed by atoms with E-state index in [0.29, 0.717) is 17.5 Å². The Hall–Kier alpha value is -1.66. The molecule has 1 aliphatic carbocycles. The molecule has 6 nitrogen and oxygen atoms in total. The fourth-order valence-corrected chi connectivity index (χ4v) is 3.76. The molecule has 1 heterocycles. The molecule has 0 bridgehead atoms. The van der Waals surface area contributed by atoms with Gasteiger partial charge < -0.3 is 10.4 Å². The standard InChI is InChI=1S/C15H21N3O3/c1-16-13-6-10(2-4-14(13)18(20)21)7-17-8-11-3-5-15(19)12(11)9-17/h2,4,6,11-12,15-16,19H,3,5,7-9H2,1H3. The van der Waals surface area contributed by atoms with E-state index in [9.17, 15) is 15.2 Å². The summed E-state index contributed by atoms with van der Waals surface area (Å²) in [4.78, 5) is 12.9. The predicted molar refractivity (Wildman–Crippen MR) is 80.1 cm³/mol. The highest BCUT2D eigenvalue weighted by molar-refractivity contribution is 5.62. The predicted octanol–water partition coefficient (Wildman–Crippen LogP) is 1.84. The Balaban J connectivity index is 1.70. The highest BCUT2D eigenvalue weighted by atomic mass is 16.6. The first-order valence-corrected chi connectivity index (χ1v) is 7.44. The molecule has 2 N–H and O–H groups in total. The van der Waals surface area contributed by atoms with Gasteiger partial charge in [-0.25, -0.2) is 0 Å². The number of hydrogen-bond acceptors (Lipinski definition) is 5. The van der Waals surface area contributed by atoms with Gasteiger partial charge in [0, 0.05) is 38.7 Å². The van der Waals surface area contributed by atoms with Crippen molar-refractivity contribution < 1.29 is 10.0 Å². The molecule has 1 aliphatic heterocycles. The molecule has 1 aromatic rings. The molecule has 0 aromatic heterocycles. The number of nitrogens with one attached hydrogen (secondary N) is 1. The molecule has 3 unspecified atom stereocenters. The van der Waals surface area contributed by atoms with Gasteiger partial charge in [0.05, 0.1) is 11.0 Å². The molecule has 2 aliphatic rings. The van der Waals surface area contributed by atoms with Crippen LogP contribution in [-0.2, 0) is 6.54 Å². The van der Waals surface area contributed by atoms with E-state index in [1.54, 1.807) is 13.1 Å². The van der Waals surface area contributed by atoms with Crippen molar-refractivity contribution in [3.63, 3.8) is 0 Å². The number of nitro groups is 1. The Labute approximate surface area is 123 Å². The lowest BCUT2D eigenvalue weighted by molar-refractivity contribution is -0.384. The number of hydrogen-bond donors (Lipinski definition) is 2. The minimum Gasteiger partial charge on any atom is -0.393 e. The molecule has 6 heteroatoms. The third kappa shape index (κ3) is 2.73. The van der Waals surface area contributed by atoms with Gasteiger partial charge in [-0.05, 0) is 30.4 Å². The first-order chi connectivity index (χ1) is 10.1. The van der Waals surface area contributed by atoms with Crippen LogP contribution in [0.1, 0.15) is 18.4 Å². The molecule has 3 rings (SSSR count). The number of rotatable bonds is 4. The van der Waals surface area contributed by atoms with Gasteiger partial charge in [-0.15, -0.1) is 0 Å². The smallest absolute Gasteiger partial charge is 0.292 e. The summed E-state index contributed by atoms with van der Waals surface area (Å²) >= 11 is 0. The van der Waals surface area contributed by atoms with Crippen LogP contribution in [0.25, 0.3) is 0 Å². The molecule has 3 atom stereocenters. The van der Waals surface area contributed by atoms with Crippen molar-refractivity contribution in [2.24, 2.45) is 11.8 Å². The zero-order valence-electron chi connectivity index (χ0n) is 12.2. The number of fused-ring (bicyclic) bond motifs is 1. The highest BCUT2D eigenvalue weighted by Gasteiger charge is 2.41. The lowest BCUT2D eigenvalue weighted by Crippen LogP contribution is -2.24. The monoisotopic (exact) mass is 291 g/mol. The van der Waals surface area contributed by atoms with E-state index in [1.165, 1.54) is 0 Å². The van der Waals surface area contributed by atoms with E-state index in [1.807, 2.05) is 12.1 Å². The molecule has 0 amide bonds. The van der Waals surface area contributed by atoms with Crippen LogP contribution in [0.5, 0.6) is 0 Å². The van der Waals surface area contributed by atoms with Gasteiger partial charge in [-0.3, -0.25) is 15.0 Å². The van der Waals surface area contributed by atoms with Crippen molar-refractivity contribution >= 4 is 11.4 Å². The average molecular weight is 291 g/mol. The van der Waals surface area contributed by atoms with Crippen molar-refractivity contribution in [2.45, 2.75) is 25.5 Å². The van der Waals surface area contributed by atoms with Gasteiger partial charge in [0.15, 0.2) is 0 Å². The van der Waals surface area contributed by atoms with E-state index in [2.05, 4.69) is 10.2 Å². The van der Waals surface area contributed by atoms with Crippen molar-refractivity contribution in [3.8, 4) is 0 Å². The van der Waals surface area contributed by atoms with Crippen LogP contribution in [0.2, 0.25) is 0 Å². The summed E-state index contributed by atoms with van der Waals surface area (Å²) in [6.45, 7) is 2.73. The summed E-state index contributed by atoms with van der Waals surface area (Å²) in [5.74, 6) is 1.02. The number of aliphatic hydroxyl groups excluding tert-OH is 1. The summed E-state index contributed by atoms with van der Waals surface area (Å²) in [6, 6.07) is 5.24. The maximum atomic E-state index is 10.9. The molecule has 2 fully saturated rings. The summed E-state index contributed by atoms with van der Waals surface area (Å²) in [5, 5.41) is 23.8. The van der Waals surface area contributed by atoms with Crippen LogP contribution in [0, 0.1) is 22.0 Å². The Morgan fingerprint density at radius 3 is 2.90 bits per heavy atom. The van der Waals surface area contributed by atoms with Crippen LogP contribution in [-0.4, -0.2) is 41.2 Å². The second-order valence-electron chi connectivity index (χ2n) is 6.12. The van der Waals surface area contributed by atoms with Crippen LogP contribution >= 0.6 is 0 Å². The van der Waals surface area contributed by atoms with Crippen LogP contribution in [0.15, 0.2) is 18.2 Å². The summed E-state index contributed by atoms with van der Waals surface area (Å²) in [7, 11) is 1.70. The zero-order chi connectivity index (χ0) is 15.0. The number of aliphatic hydroxyl groups is 1. The Kier molecular flexibility index (Phi) is 3.82. The van der Waals surface area contributed by atoms with Crippen molar-refractivity contribution in [3.05, 3.63) is 33.9 Å². The lowest BCUT2D eigenvalue weighted by Gasteiger charge is -2.18. The minimum absolute atomic E-state index is 0.106. The Morgan fingerprint density at radius 2 is 2.24 bits per heavy atom. The molecule has 1 saturated carbocycles. The molecule has 114 valence electrons. The molecule has 0 radical (unpaired) electrons. The maximum Gasteiger partial charge on any atom is 0.292 e. The van der Waals surface area contributed by atoms with E-state index in [0.717, 1.165) is 38.0 Å². The van der Waals surface area contributed by atoms with Gasteiger partial charge in [0.25, 0.3) is 5.69 Å². The Bertz CT molecular complexity index is 549. The van der Waals surface area contributed by atoms with Gasteiger partial charge in [0.1, 0.15) is 5.69 Å². The minimum atomic E-state index is -0.369. The average Bonchev–Trinajstić information content (AvgIpc) is 3.00. The fourth-order valence-electron chi connectivity index (χ4n) is 3.76. The number of benzene rings is 1. The first kappa shape index (κ1) is 14.3. The fraction of sp³-hybridized carbons (Fsp3) is 0.600. The van der Waals surface area contributed by atoms with Crippen molar-refractivity contribution in [2.75, 3.05) is 25.5 Å². The van der Waals surface area contributed by atoms with Gasteiger partial charge in [-0.1, -0.05) is 6.07 Å². The number of nitrogens with zero attached hydrogens (tertiary/aromatic N) is 2. The number of likely N-dealkylation sites (tertiary alicyclic amines) is 1. The summed E-state index contributed by atoms with van der Waals surface area (Å²) in [6.07, 6.45) is 1.90. The second-order valence-corrected chi connectivity index (χ2v) is 6.12.